The number of nitrogens with one attached hydrogen (secondary N) is 1. The van der Waals surface area contributed by atoms with Gasteiger partial charge in [0, 0.05) is 28.9 Å². The van der Waals surface area contributed by atoms with Crippen molar-refractivity contribution in [1.29, 1.82) is 0 Å². The van der Waals surface area contributed by atoms with Crippen molar-refractivity contribution >= 4 is 27.3 Å². The molecule has 0 spiro atoms. The second-order valence-electron chi connectivity index (χ2n) is 4.38. The lowest BCUT2D eigenvalue weighted by Crippen LogP contribution is -2.19. The fourth-order valence-corrected chi connectivity index (χ4v) is 2.58. The third-order valence-electron chi connectivity index (χ3n) is 3.09. The van der Waals surface area contributed by atoms with Crippen molar-refractivity contribution in [2.75, 3.05) is 18.5 Å². The average Bonchev–Trinajstić information content (AvgIpc) is 2.44. The zero-order valence-corrected chi connectivity index (χ0v) is 12.9. The minimum absolute atomic E-state index is 0.867. The number of benzene rings is 2. The van der Waals surface area contributed by atoms with Crippen LogP contribution in [-0.2, 0) is 6.54 Å². The topological polar surface area (TPSA) is 15.3 Å². The molecule has 100 valence electrons. The highest BCUT2D eigenvalue weighted by Crippen LogP contribution is 2.30. The normalized spacial score (nSPS) is 10.5. The Morgan fingerprint density at radius 3 is 2.47 bits per heavy atom. The van der Waals surface area contributed by atoms with Crippen molar-refractivity contribution in [1.82, 2.24) is 5.32 Å². The minimum atomic E-state index is 0.867. The second kappa shape index (κ2) is 6.73. The molecule has 0 radical (unpaired) electrons. The first-order valence-electron chi connectivity index (χ1n) is 6.52. The van der Waals surface area contributed by atoms with E-state index in [1.54, 1.807) is 0 Å². The molecule has 0 saturated carbocycles. The summed E-state index contributed by atoms with van der Waals surface area (Å²) in [5.41, 5.74) is 3.77. The maximum absolute atomic E-state index is 3.57. The van der Waals surface area contributed by atoms with Gasteiger partial charge in [0.05, 0.1) is 0 Å². The summed E-state index contributed by atoms with van der Waals surface area (Å²) in [7, 11) is 1.98. The van der Waals surface area contributed by atoms with Gasteiger partial charge in [-0.05, 0) is 43.8 Å². The Morgan fingerprint density at radius 1 is 1.11 bits per heavy atom. The Bertz CT molecular complexity index is 526. The maximum atomic E-state index is 3.57. The van der Waals surface area contributed by atoms with Crippen LogP contribution in [0, 0.1) is 0 Å². The average molecular weight is 319 g/mol. The third kappa shape index (κ3) is 3.37. The van der Waals surface area contributed by atoms with Gasteiger partial charge in [-0.1, -0.05) is 40.2 Å². The van der Waals surface area contributed by atoms with Crippen LogP contribution >= 0.6 is 15.9 Å². The molecule has 0 atom stereocenters. The van der Waals surface area contributed by atoms with Crippen LogP contribution in [0.2, 0.25) is 0 Å². The Kier molecular flexibility index (Phi) is 5.00. The summed E-state index contributed by atoms with van der Waals surface area (Å²) in [5.74, 6) is 0. The fraction of sp³-hybridized carbons (Fsp3) is 0.250. The molecule has 0 heterocycles. The van der Waals surface area contributed by atoms with Crippen LogP contribution in [0.4, 0.5) is 11.4 Å². The van der Waals surface area contributed by atoms with Crippen molar-refractivity contribution in [2.45, 2.75) is 13.5 Å². The van der Waals surface area contributed by atoms with Gasteiger partial charge in [-0.2, -0.15) is 0 Å². The summed E-state index contributed by atoms with van der Waals surface area (Å²) in [6, 6.07) is 16.9. The standard InChI is InChI=1S/C16H19BrN2/c1-3-19(15-7-5-4-6-8-15)16-11-14(17)10-9-13(16)12-18-2/h4-11,18H,3,12H2,1-2H3. The molecule has 0 amide bonds. The molecule has 3 heteroatoms. The van der Waals surface area contributed by atoms with Crippen LogP contribution in [0.3, 0.4) is 0 Å². The van der Waals surface area contributed by atoms with E-state index < -0.39 is 0 Å². The Morgan fingerprint density at radius 2 is 1.84 bits per heavy atom. The lowest BCUT2D eigenvalue weighted by Gasteiger charge is -2.26. The molecule has 0 saturated heterocycles. The molecular formula is C16H19BrN2. The molecule has 1 N–H and O–H groups in total. The summed E-state index contributed by atoms with van der Waals surface area (Å²) in [5, 5.41) is 3.23. The highest BCUT2D eigenvalue weighted by atomic mass is 79.9. The fourth-order valence-electron chi connectivity index (χ4n) is 2.23. The third-order valence-corrected chi connectivity index (χ3v) is 3.58. The number of nitrogens with zero attached hydrogens (tertiary/aromatic N) is 1. The molecule has 0 fully saturated rings. The first kappa shape index (κ1) is 14.1. The van der Waals surface area contributed by atoms with Gasteiger partial charge in [0.25, 0.3) is 0 Å². The molecule has 0 bridgehead atoms. The molecule has 0 aliphatic carbocycles. The molecule has 0 aromatic heterocycles. The molecule has 2 rings (SSSR count). The Hall–Kier alpha value is -1.32. The van der Waals surface area contributed by atoms with Crippen LogP contribution < -0.4 is 10.2 Å². The first-order valence-corrected chi connectivity index (χ1v) is 7.31. The van der Waals surface area contributed by atoms with Gasteiger partial charge < -0.3 is 10.2 Å². The van der Waals surface area contributed by atoms with Gasteiger partial charge in [0.15, 0.2) is 0 Å². The Labute approximate surface area is 123 Å². The van der Waals surface area contributed by atoms with Gasteiger partial charge in [0.2, 0.25) is 0 Å². The van der Waals surface area contributed by atoms with E-state index in [9.17, 15) is 0 Å². The zero-order chi connectivity index (χ0) is 13.7. The first-order chi connectivity index (χ1) is 9.26. The number of rotatable bonds is 5. The molecule has 0 aliphatic rings. The lowest BCUT2D eigenvalue weighted by atomic mass is 10.1. The maximum Gasteiger partial charge on any atom is 0.0467 e. The largest absolute Gasteiger partial charge is 0.341 e. The van der Waals surface area contributed by atoms with Crippen molar-refractivity contribution in [3.63, 3.8) is 0 Å². The zero-order valence-electron chi connectivity index (χ0n) is 11.4. The molecular weight excluding hydrogens is 300 g/mol. The van der Waals surface area contributed by atoms with Crippen molar-refractivity contribution in [3.8, 4) is 0 Å². The number of hydrogen-bond acceptors (Lipinski definition) is 2. The van der Waals surface area contributed by atoms with E-state index in [4.69, 9.17) is 0 Å². The second-order valence-corrected chi connectivity index (χ2v) is 5.30. The van der Waals surface area contributed by atoms with E-state index in [0.717, 1.165) is 17.6 Å². The van der Waals surface area contributed by atoms with E-state index in [1.165, 1.54) is 16.9 Å². The minimum Gasteiger partial charge on any atom is -0.341 e. The van der Waals surface area contributed by atoms with Gasteiger partial charge in [-0.25, -0.2) is 0 Å². The van der Waals surface area contributed by atoms with Gasteiger partial charge in [-0.15, -0.1) is 0 Å². The number of hydrogen-bond donors (Lipinski definition) is 1. The number of halogens is 1. The quantitative estimate of drug-likeness (QED) is 0.882. The highest BCUT2D eigenvalue weighted by Gasteiger charge is 2.11. The van der Waals surface area contributed by atoms with Crippen molar-refractivity contribution in [2.24, 2.45) is 0 Å². The predicted octanol–water partition coefficient (Wildman–Crippen LogP) is 4.33. The summed E-state index contributed by atoms with van der Waals surface area (Å²) >= 11 is 3.57. The van der Waals surface area contributed by atoms with Gasteiger partial charge >= 0.3 is 0 Å². The van der Waals surface area contributed by atoms with Crippen LogP contribution in [0.1, 0.15) is 12.5 Å². The van der Waals surface area contributed by atoms with Crippen LogP contribution in [0.25, 0.3) is 0 Å². The van der Waals surface area contributed by atoms with Crippen molar-refractivity contribution in [3.05, 3.63) is 58.6 Å². The SMILES string of the molecule is CCN(c1ccccc1)c1cc(Br)ccc1CNC. The van der Waals surface area contributed by atoms with Crippen molar-refractivity contribution < 1.29 is 0 Å². The molecule has 19 heavy (non-hydrogen) atoms. The summed E-state index contributed by atoms with van der Waals surface area (Å²) in [6.07, 6.45) is 0. The summed E-state index contributed by atoms with van der Waals surface area (Å²) < 4.78 is 1.11. The molecule has 2 aromatic rings. The number of anilines is 2. The van der Waals surface area contributed by atoms with Crippen LogP contribution in [0.15, 0.2) is 53.0 Å². The smallest absolute Gasteiger partial charge is 0.0467 e. The highest BCUT2D eigenvalue weighted by molar-refractivity contribution is 9.10. The van der Waals surface area contributed by atoms with E-state index >= 15 is 0 Å². The van der Waals surface area contributed by atoms with Crippen LogP contribution in [0.5, 0.6) is 0 Å². The summed E-state index contributed by atoms with van der Waals surface area (Å²) in [4.78, 5) is 2.33. The predicted molar refractivity (Wildman–Crippen MR) is 86.0 cm³/mol. The van der Waals surface area contributed by atoms with Gasteiger partial charge in [-0.3, -0.25) is 0 Å². The van der Waals surface area contributed by atoms with E-state index in [1.807, 2.05) is 13.1 Å². The molecule has 0 aliphatic heterocycles. The molecule has 0 unspecified atom stereocenters. The lowest BCUT2D eigenvalue weighted by molar-refractivity contribution is 0.812. The monoisotopic (exact) mass is 318 g/mol. The Balaban J connectivity index is 2.45. The number of para-hydroxylation sites is 1. The molecule has 2 nitrogen and oxygen atoms in total. The van der Waals surface area contributed by atoms with E-state index in [-0.39, 0.29) is 0 Å². The summed E-state index contributed by atoms with van der Waals surface area (Å²) in [6.45, 7) is 3.99. The van der Waals surface area contributed by atoms with E-state index in [2.05, 4.69) is 75.5 Å². The molecule has 2 aromatic carbocycles. The van der Waals surface area contributed by atoms with Gasteiger partial charge in [0.1, 0.15) is 0 Å². The van der Waals surface area contributed by atoms with Crippen LogP contribution in [-0.4, -0.2) is 13.6 Å². The van der Waals surface area contributed by atoms with E-state index in [0.29, 0.717) is 0 Å².